The first-order valence-electron chi connectivity index (χ1n) is 7.14. The maximum absolute atomic E-state index is 11.2. The summed E-state index contributed by atoms with van der Waals surface area (Å²) in [6.45, 7) is 17.7. The maximum Gasteiger partial charge on any atom is 0.111 e. The standard InChI is InChI=1S/C15H31BOS/c1-9-10-13(6,17)11(2,3)12(4,5)15(8,16)14(10,7)18/h10,17-18H,9,16H2,1-8H3. The van der Waals surface area contributed by atoms with Gasteiger partial charge in [-0.15, -0.1) is 0 Å². The largest absolute Gasteiger partial charge is 0.389 e. The fraction of sp³-hybridized carbons (Fsp3) is 1.00. The summed E-state index contributed by atoms with van der Waals surface area (Å²) < 4.78 is -0.190. The van der Waals surface area contributed by atoms with E-state index in [9.17, 15) is 5.11 Å². The molecule has 1 nitrogen and oxygen atoms in total. The van der Waals surface area contributed by atoms with Crippen molar-refractivity contribution in [1.82, 2.24) is 0 Å². The van der Waals surface area contributed by atoms with Gasteiger partial charge in [0.2, 0.25) is 0 Å². The van der Waals surface area contributed by atoms with Gasteiger partial charge in [-0.25, -0.2) is 0 Å². The Labute approximate surface area is 120 Å². The Morgan fingerprint density at radius 2 is 1.39 bits per heavy atom. The molecule has 1 fully saturated rings. The van der Waals surface area contributed by atoms with Gasteiger partial charge in [0.25, 0.3) is 0 Å². The molecule has 1 N–H and O–H groups in total. The van der Waals surface area contributed by atoms with Crippen LogP contribution in [0.4, 0.5) is 0 Å². The number of hydrogen-bond acceptors (Lipinski definition) is 2. The first kappa shape index (κ1) is 16.4. The Bertz CT molecular complexity index is 312. The molecule has 0 aliphatic heterocycles. The zero-order valence-corrected chi connectivity index (χ0v) is 14.6. The van der Waals surface area contributed by atoms with Crippen molar-refractivity contribution in [2.45, 2.75) is 77.5 Å². The number of aliphatic hydroxyl groups is 1. The molecule has 0 amide bonds. The van der Waals surface area contributed by atoms with Crippen molar-refractivity contribution in [3.63, 3.8) is 0 Å². The maximum atomic E-state index is 11.2. The lowest BCUT2D eigenvalue weighted by molar-refractivity contribution is -0.207. The van der Waals surface area contributed by atoms with Crippen LogP contribution in [0.1, 0.15) is 61.8 Å². The average molecular weight is 270 g/mol. The molecule has 106 valence electrons. The number of thiol groups is 1. The lowest BCUT2D eigenvalue weighted by Crippen LogP contribution is -2.71. The highest BCUT2D eigenvalue weighted by atomic mass is 32.1. The summed E-state index contributed by atoms with van der Waals surface area (Å²) >= 11 is 5.02. The summed E-state index contributed by atoms with van der Waals surface area (Å²) in [5.41, 5.74) is -0.880. The molecule has 1 saturated carbocycles. The molecular formula is C15H31BOS. The SMILES string of the molecule is BC1(C)C(C)(S)C(CC)C(C)(O)C(C)(C)C1(C)C. The first-order valence-corrected chi connectivity index (χ1v) is 7.59. The summed E-state index contributed by atoms with van der Waals surface area (Å²) in [7, 11) is 2.31. The summed E-state index contributed by atoms with van der Waals surface area (Å²) in [5, 5.41) is 11.3. The van der Waals surface area contributed by atoms with Crippen LogP contribution in [0.3, 0.4) is 0 Å². The third kappa shape index (κ3) is 1.53. The summed E-state index contributed by atoms with van der Waals surface area (Å²) in [5.74, 6) is 0.186. The molecule has 0 radical (unpaired) electrons. The molecule has 0 aromatic carbocycles. The second kappa shape index (κ2) is 3.94. The van der Waals surface area contributed by atoms with Crippen LogP contribution < -0.4 is 0 Å². The van der Waals surface area contributed by atoms with Crippen molar-refractivity contribution in [2.24, 2.45) is 16.7 Å². The van der Waals surface area contributed by atoms with E-state index >= 15 is 0 Å². The van der Waals surface area contributed by atoms with E-state index in [0.717, 1.165) is 6.42 Å². The molecule has 0 bridgehead atoms. The van der Waals surface area contributed by atoms with Crippen LogP contribution in [0.25, 0.3) is 0 Å². The molecule has 3 heteroatoms. The van der Waals surface area contributed by atoms with E-state index in [4.69, 9.17) is 12.6 Å². The Morgan fingerprint density at radius 1 is 1.00 bits per heavy atom. The fourth-order valence-corrected chi connectivity index (χ4v) is 4.97. The van der Waals surface area contributed by atoms with Gasteiger partial charge in [0.15, 0.2) is 0 Å². The normalized spacial score (nSPS) is 51.1. The van der Waals surface area contributed by atoms with Gasteiger partial charge in [0.05, 0.1) is 5.60 Å². The zero-order valence-electron chi connectivity index (χ0n) is 13.7. The van der Waals surface area contributed by atoms with Crippen molar-refractivity contribution in [2.75, 3.05) is 0 Å². The predicted octanol–water partition coefficient (Wildman–Crippen LogP) is 3.33. The van der Waals surface area contributed by atoms with Crippen LogP contribution in [0.2, 0.25) is 5.31 Å². The molecule has 4 unspecified atom stereocenters. The van der Waals surface area contributed by atoms with Crippen LogP contribution in [-0.4, -0.2) is 23.3 Å². The lowest BCUT2D eigenvalue weighted by atomic mass is 9.33. The van der Waals surface area contributed by atoms with E-state index in [1.165, 1.54) is 0 Å². The summed E-state index contributed by atoms with van der Waals surface area (Å²) in [6, 6.07) is 0. The molecule has 18 heavy (non-hydrogen) atoms. The number of hydrogen-bond donors (Lipinski definition) is 2. The lowest BCUT2D eigenvalue weighted by Gasteiger charge is -2.71. The molecule has 1 aliphatic carbocycles. The van der Waals surface area contributed by atoms with Crippen LogP contribution in [0.5, 0.6) is 0 Å². The molecule has 0 spiro atoms. The van der Waals surface area contributed by atoms with Crippen molar-refractivity contribution in [3.8, 4) is 0 Å². The third-order valence-corrected chi connectivity index (χ3v) is 8.29. The quantitative estimate of drug-likeness (QED) is 0.553. The van der Waals surface area contributed by atoms with Gasteiger partial charge < -0.3 is 5.11 Å². The van der Waals surface area contributed by atoms with Crippen molar-refractivity contribution in [3.05, 3.63) is 0 Å². The summed E-state index contributed by atoms with van der Waals surface area (Å²) in [4.78, 5) is 0. The topological polar surface area (TPSA) is 20.2 Å². The second-order valence-corrected chi connectivity index (χ2v) is 9.06. The van der Waals surface area contributed by atoms with Crippen LogP contribution >= 0.6 is 12.6 Å². The van der Waals surface area contributed by atoms with Gasteiger partial charge in [-0.1, -0.05) is 48.5 Å². The molecule has 0 heterocycles. The Morgan fingerprint density at radius 3 is 1.72 bits per heavy atom. The van der Waals surface area contributed by atoms with Gasteiger partial charge in [-0.3, -0.25) is 0 Å². The highest BCUT2D eigenvalue weighted by Crippen LogP contribution is 2.72. The minimum atomic E-state index is -0.711. The molecular weight excluding hydrogens is 239 g/mol. The Kier molecular flexibility index (Phi) is 3.60. The highest BCUT2D eigenvalue weighted by Gasteiger charge is 2.69. The van der Waals surface area contributed by atoms with E-state index in [2.05, 4.69) is 56.3 Å². The Balaban J connectivity index is 3.59. The smallest absolute Gasteiger partial charge is 0.111 e. The fourth-order valence-electron chi connectivity index (χ4n) is 4.26. The van der Waals surface area contributed by atoms with E-state index in [-0.39, 0.29) is 26.8 Å². The molecule has 4 atom stereocenters. The van der Waals surface area contributed by atoms with Crippen LogP contribution in [0.15, 0.2) is 0 Å². The molecule has 0 aromatic rings. The van der Waals surface area contributed by atoms with Gasteiger partial charge in [0, 0.05) is 10.7 Å². The van der Waals surface area contributed by atoms with E-state index in [1.807, 2.05) is 6.92 Å². The molecule has 0 saturated heterocycles. The second-order valence-electron chi connectivity index (χ2n) is 8.13. The van der Waals surface area contributed by atoms with Gasteiger partial charge >= 0.3 is 0 Å². The van der Waals surface area contributed by atoms with E-state index < -0.39 is 5.60 Å². The van der Waals surface area contributed by atoms with E-state index in [0.29, 0.717) is 0 Å². The predicted molar refractivity (Wildman–Crippen MR) is 86.3 cm³/mol. The minimum absolute atomic E-state index is 0.00826. The van der Waals surface area contributed by atoms with Crippen molar-refractivity contribution < 1.29 is 5.11 Å². The third-order valence-electron chi connectivity index (χ3n) is 7.42. The Hall–Kier alpha value is 0.375. The van der Waals surface area contributed by atoms with Crippen molar-refractivity contribution in [1.29, 1.82) is 0 Å². The monoisotopic (exact) mass is 270 g/mol. The van der Waals surface area contributed by atoms with Crippen LogP contribution in [-0.2, 0) is 0 Å². The average Bonchev–Trinajstić information content (AvgIpc) is 2.15. The summed E-state index contributed by atoms with van der Waals surface area (Å²) in [6.07, 6.45) is 0.954. The van der Waals surface area contributed by atoms with Gasteiger partial charge in [-0.05, 0) is 29.5 Å². The molecule has 1 aliphatic rings. The minimum Gasteiger partial charge on any atom is -0.389 e. The van der Waals surface area contributed by atoms with Gasteiger partial charge in [0.1, 0.15) is 7.85 Å². The van der Waals surface area contributed by atoms with Crippen molar-refractivity contribution >= 4 is 20.5 Å². The molecule has 0 aromatic heterocycles. The molecule has 1 rings (SSSR count). The van der Waals surface area contributed by atoms with Crippen LogP contribution in [0, 0.1) is 16.7 Å². The zero-order chi connectivity index (χ0) is 14.8. The van der Waals surface area contributed by atoms with Gasteiger partial charge in [-0.2, -0.15) is 12.6 Å². The number of rotatable bonds is 1. The highest BCUT2D eigenvalue weighted by molar-refractivity contribution is 7.82. The van der Waals surface area contributed by atoms with E-state index in [1.54, 1.807) is 0 Å². The first-order chi connectivity index (χ1) is 7.69.